The number of thioether (sulfide) groups is 1. The van der Waals surface area contributed by atoms with Gasteiger partial charge in [0.25, 0.3) is 22.6 Å². The SMILES string of the molecule is C=CCn1c(=S)[nH]c2cc(C(=O)NCCN3C(=O)S/C(=C\c4ccccc4)C3=O)ccc2c1=O. The molecule has 0 unspecified atom stereocenters. The lowest BCUT2D eigenvalue weighted by Crippen LogP contribution is -2.37. The highest BCUT2D eigenvalue weighted by molar-refractivity contribution is 8.18. The highest BCUT2D eigenvalue weighted by atomic mass is 32.2. The molecule has 2 heterocycles. The van der Waals surface area contributed by atoms with Gasteiger partial charge in [-0.15, -0.1) is 6.58 Å². The molecular formula is C24H20N4O4S2. The normalized spacial score (nSPS) is 14.7. The summed E-state index contributed by atoms with van der Waals surface area (Å²) >= 11 is 6.10. The highest BCUT2D eigenvalue weighted by Crippen LogP contribution is 2.31. The third-order valence-electron chi connectivity index (χ3n) is 5.15. The van der Waals surface area contributed by atoms with Crippen LogP contribution in [0.25, 0.3) is 17.0 Å². The number of aromatic amines is 1. The number of carbonyl (C=O) groups is 3. The first kappa shape index (κ1) is 23.4. The van der Waals surface area contributed by atoms with Crippen molar-refractivity contribution in [2.45, 2.75) is 6.54 Å². The molecule has 10 heteroatoms. The van der Waals surface area contributed by atoms with E-state index >= 15 is 0 Å². The second kappa shape index (κ2) is 10.0. The summed E-state index contributed by atoms with van der Waals surface area (Å²) in [5.74, 6) is -0.787. The average Bonchev–Trinajstić information content (AvgIpc) is 3.09. The summed E-state index contributed by atoms with van der Waals surface area (Å²) in [7, 11) is 0. The Kier molecular flexibility index (Phi) is 6.90. The van der Waals surface area contributed by atoms with Crippen LogP contribution in [0.3, 0.4) is 0 Å². The van der Waals surface area contributed by atoms with Crippen molar-refractivity contribution >= 4 is 58.0 Å². The van der Waals surface area contributed by atoms with Crippen molar-refractivity contribution in [3.05, 3.63) is 92.3 Å². The molecule has 2 aromatic carbocycles. The first-order chi connectivity index (χ1) is 16.4. The zero-order chi connectivity index (χ0) is 24.2. The fourth-order valence-electron chi connectivity index (χ4n) is 3.47. The van der Waals surface area contributed by atoms with Gasteiger partial charge in [0, 0.05) is 25.2 Å². The Labute approximate surface area is 204 Å². The van der Waals surface area contributed by atoms with Crippen molar-refractivity contribution in [2.24, 2.45) is 0 Å². The number of nitrogens with one attached hydrogen (secondary N) is 2. The van der Waals surface area contributed by atoms with Gasteiger partial charge in [-0.3, -0.25) is 28.6 Å². The Morgan fingerprint density at radius 1 is 1.15 bits per heavy atom. The van der Waals surface area contributed by atoms with Crippen LogP contribution in [0.4, 0.5) is 4.79 Å². The van der Waals surface area contributed by atoms with E-state index in [1.165, 1.54) is 10.6 Å². The molecule has 1 aromatic heterocycles. The first-order valence-corrected chi connectivity index (χ1v) is 11.6. The largest absolute Gasteiger partial charge is 0.350 e. The van der Waals surface area contributed by atoms with Gasteiger partial charge < -0.3 is 10.3 Å². The Hall–Kier alpha value is -3.76. The Balaban J connectivity index is 1.42. The molecule has 3 amide bonds. The highest BCUT2D eigenvalue weighted by Gasteiger charge is 2.34. The summed E-state index contributed by atoms with van der Waals surface area (Å²) in [5.41, 5.74) is 1.32. The van der Waals surface area contributed by atoms with Crippen LogP contribution in [0, 0.1) is 4.77 Å². The van der Waals surface area contributed by atoms with Crippen LogP contribution < -0.4 is 10.9 Å². The molecule has 0 spiro atoms. The summed E-state index contributed by atoms with van der Waals surface area (Å²) in [6.45, 7) is 4.03. The molecule has 1 aliphatic rings. The molecule has 0 radical (unpaired) electrons. The third-order valence-corrected chi connectivity index (χ3v) is 6.38. The monoisotopic (exact) mass is 492 g/mol. The zero-order valence-corrected chi connectivity index (χ0v) is 19.6. The smallest absolute Gasteiger partial charge is 0.293 e. The lowest BCUT2D eigenvalue weighted by atomic mass is 10.1. The lowest BCUT2D eigenvalue weighted by Gasteiger charge is -2.13. The number of allylic oxidation sites excluding steroid dienone is 1. The maximum Gasteiger partial charge on any atom is 0.293 e. The van der Waals surface area contributed by atoms with E-state index in [2.05, 4.69) is 16.9 Å². The molecule has 34 heavy (non-hydrogen) atoms. The van der Waals surface area contributed by atoms with Gasteiger partial charge in [0.1, 0.15) is 0 Å². The van der Waals surface area contributed by atoms with E-state index in [4.69, 9.17) is 12.2 Å². The van der Waals surface area contributed by atoms with Crippen molar-refractivity contribution in [3.8, 4) is 0 Å². The number of fused-ring (bicyclic) bond motifs is 1. The quantitative estimate of drug-likeness (QED) is 0.296. The predicted octanol–water partition coefficient (Wildman–Crippen LogP) is 3.71. The molecule has 1 fully saturated rings. The molecule has 0 atom stereocenters. The van der Waals surface area contributed by atoms with Gasteiger partial charge in [-0.05, 0) is 53.8 Å². The molecule has 1 saturated heterocycles. The first-order valence-electron chi connectivity index (χ1n) is 10.4. The van der Waals surface area contributed by atoms with Gasteiger partial charge in [0.2, 0.25) is 0 Å². The molecular weight excluding hydrogens is 472 g/mol. The molecule has 1 aliphatic heterocycles. The molecule has 0 saturated carbocycles. The molecule has 0 aliphatic carbocycles. The average molecular weight is 493 g/mol. The van der Waals surface area contributed by atoms with Crippen molar-refractivity contribution in [1.82, 2.24) is 19.8 Å². The number of aromatic nitrogens is 2. The summed E-state index contributed by atoms with van der Waals surface area (Å²) in [5, 5.41) is 2.73. The van der Waals surface area contributed by atoms with Crippen LogP contribution >= 0.6 is 24.0 Å². The number of hydrogen-bond donors (Lipinski definition) is 2. The molecule has 2 N–H and O–H groups in total. The minimum atomic E-state index is -0.400. The Morgan fingerprint density at radius 2 is 1.91 bits per heavy atom. The van der Waals surface area contributed by atoms with Gasteiger partial charge in [-0.1, -0.05) is 36.4 Å². The minimum absolute atomic E-state index is 0.0464. The van der Waals surface area contributed by atoms with Crippen molar-refractivity contribution < 1.29 is 14.4 Å². The van der Waals surface area contributed by atoms with Gasteiger partial charge in [0.05, 0.1) is 15.8 Å². The fraction of sp³-hybridized carbons (Fsp3) is 0.125. The maximum absolute atomic E-state index is 12.6. The van der Waals surface area contributed by atoms with E-state index in [1.807, 2.05) is 30.3 Å². The van der Waals surface area contributed by atoms with E-state index in [-0.39, 0.29) is 41.1 Å². The lowest BCUT2D eigenvalue weighted by molar-refractivity contribution is -0.122. The minimum Gasteiger partial charge on any atom is -0.350 e. The van der Waals surface area contributed by atoms with Crippen LogP contribution in [-0.2, 0) is 11.3 Å². The van der Waals surface area contributed by atoms with Gasteiger partial charge in [-0.25, -0.2) is 0 Å². The topological polar surface area (TPSA) is 104 Å². The summed E-state index contributed by atoms with van der Waals surface area (Å²) in [6, 6.07) is 13.9. The van der Waals surface area contributed by atoms with Gasteiger partial charge >= 0.3 is 0 Å². The van der Waals surface area contributed by atoms with E-state index < -0.39 is 5.91 Å². The molecule has 8 nitrogen and oxygen atoms in total. The summed E-state index contributed by atoms with van der Waals surface area (Å²) in [6.07, 6.45) is 3.25. The van der Waals surface area contributed by atoms with Crippen LogP contribution in [0.15, 0.2) is 70.9 Å². The molecule has 172 valence electrons. The number of benzene rings is 2. The standard InChI is InChI=1S/C24H20N4O4S2/c1-2-11-27-21(30)17-9-8-16(14-18(17)26-23(27)33)20(29)25-10-12-28-22(31)19(34-24(28)32)13-15-6-4-3-5-7-15/h2-9,13-14H,1,10-12H2,(H,25,29)(H,26,33)/b19-13-. The maximum atomic E-state index is 12.6. The number of carbonyl (C=O) groups excluding carboxylic acids is 3. The van der Waals surface area contributed by atoms with Crippen LogP contribution in [0.1, 0.15) is 15.9 Å². The molecule has 3 aromatic rings. The zero-order valence-electron chi connectivity index (χ0n) is 17.9. The fourth-order valence-corrected chi connectivity index (χ4v) is 4.60. The van der Waals surface area contributed by atoms with Crippen LogP contribution in [-0.4, -0.2) is 44.6 Å². The number of amides is 3. The Morgan fingerprint density at radius 3 is 2.65 bits per heavy atom. The number of hydrogen-bond acceptors (Lipinski definition) is 6. The second-order valence-electron chi connectivity index (χ2n) is 7.39. The predicted molar refractivity (Wildman–Crippen MR) is 135 cm³/mol. The molecule has 0 bridgehead atoms. The second-order valence-corrected chi connectivity index (χ2v) is 8.77. The van der Waals surface area contributed by atoms with Gasteiger partial charge in [-0.2, -0.15) is 0 Å². The van der Waals surface area contributed by atoms with Gasteiger partial charge in [0.15, 0.2) is 4.77 Å². The number of rotatable bonds is 7. The van der Waals surface area contributed by atoms with Crippen molar-refractivity contribution in [2.75, 3.05) is 13.1 Å². The Bertz CT molecular complexity index is 1460. The molecule has 4 rings (SSSR count). The summed E-state index contributed by atoms with van der Waals surface area (Å²) < 4.78 is 1.62. The van der Waals surface area contributed by atoms with E-state index in [1.54, 1.807) is 24.3 Å². The van der Waals surface area contributed by atoms with Crippen molar-refractivity contribution in [3.63, 3.8) is 0 Å². The van der Waals surface area contributed by atoms with Crippen LogP contribution in [0.5, 0.6) is 0 Å². The number of H-pyrrole nitrogens is 1. The third kappa shape index (κ3) is 4.78. The van der Waals surface area contributed by atoms with Crippen LogP contribution in [0.2, 0.25) is 0 Å². The number of imide groups is 1. The van der Waals surface area contributed by atoms with Crippen molar-refractivity contribution in [1.29, 1.82) is 0 Å². The number of nitrogens with zero attached hydrogens (tertiary/aromatic N) is 2. The van der Waals surface area contributed by atoms with E-state index in [9.17, 15) is 19.2 Å². The van der Waals surface area contributed by atoms with E-state index in [0.717, 1.165) is 22.2 Å². The van der Waals surface area contributed by atoms with E-state index in [0.29, 0.717) is 21.4 Å². The summed E-state index contributed by atoms with van der Waals surface area (Å²) in [4.78, 5) is 54.5.